The van der Waals surface area contributed by atoms with E-state index in [1.807, 2.05) is 13.8 Å². The molecule has 0 aliphatic carbocycles. The number of nitrogens with zero attached hydrogens (tertiary/aromatic N) is 1. The van der Waals surface area contributed by atoms with Gasteiger partial charge in [-0.05, 0) is 18.1 Å². The second-order valence-electron chi connectivity index (χ2n) is 3.89. The molecule has 16 heavy (non-hydrogen) atoms. The Balaban J connectivity index is 2.50. The van der Waals surface area contributed by atoms with E-state index in [4.69, 9.17) is 0 Å². The van der Waals surface area contributed by atoms with Crippen LogP contribution in [0.2, 0.25) is 0 Å². The van der Waals surface area contributed by atoms with E-state index in [2.05, 4.69) is 10.3 Å². The van der Waals surface area contributed by atoms with Gasteiger partial charge in [0, 0.05) is 12.7 Å². The lowest BCUT2D eigenvalue weighted by Gasteiger charge is -2.14. The molecule has 0 radical (unpaired) electrons. The summed E-state index contributed by atoms with van der Waals surface area (Å²) in [4.78, 5) is 14.9. The van der Waals surface area contributed by atoms with Crippen molar-refractivity contribution in [2.24, 2.45) is 5.92 Å². The highest BCUT2D eigenvalue weighted by Crippen LogP contribution is 2.01. The van der Waals surface area contributed by atoms with Crippen molar-refractivity contribution in [3.8, 4) is 0 Å². The van der Waals surface area contributed by atoms with Gasteiger partial charge in [-0.3, -0.25) is 4.79 Å². The van der Waals surface area contributed by atoms with Crippen LogP contribution in [-0.2, 0) is 0 Å². The summed E-state index contributed by atoms with van der Waals surface area (Å²) in [5.41, 5.74) is 0.275. The molecule has 0 spiro atoms. The molecule has 0 fully saturated rings. The van der Waals surface area contributed by atoms with Gasteiger partial charge in [0.1, 0.15) is 0 Å². The van der Waals surface area contributed by atoms with Gasteiger partial charge in [-0.15, -0.1) is 0 Å². The molecule has 1 unspecified atom stereocenters. The number of nitrogens with one attached hydrogen (secondary N) is 1. The smallest absolute Gasteiger partial charge is 0.252 e. The summed E-state index contributed by atoms with van der Waals surface area (Å²) >= 11 is 0. The molecule has 1 rings (SSSR count). The Hall–Kier alpha value is -1.49. The molecule has 0 saturated heterocycles. The fraction of sp³-hybridized carbons (Fsp3) is 0.455. The van der Waals surface area contributed by atoms with Crippen molar-refractivity contribution in [3.05, 3.63) is 29.8 Å². The van der Waals surface area contributed by atoms with E-state index in [1.165, 1.54) is 6.07 Å². The average Bonchev–Trinajstić information content (AvgIpc) is 2.26. The number of aliphatic hydroxyl groups is 1. The van der Waals surface area contributed by atoms with Crippen molar-refractivity contribution in [1.82, 2.24) is 10.3 Å². The molecule has 2 N–H and O–H groups in total. The minimum absolute atomic E-state index is 0.0756. The predicted molar refractivity (Wildman–Crippen MR) is 57.4 cm³/mol. The van der Waals surface area contributed by atoms with Crippen molar-refractivity contribution < 1.29 is 14.3 Å². The SMILES string of the molecule is CC(C)C(O)CNC(=O)c1ccc(F)nc1. The van der Waals surface area contributed by atoms with Gasteiger partial charge in [-0.25, -0.2) is 4.98 Å². The largest absolute Gasteiger partial charge is 0.391 e. The monoisotopic (exact) mass is 226 g/mol. The van der Waals surface area contributed by atoms with E-state index in [9.17, 15) is 14.3 Å². The quantitative estimate of drug-likeness (QED) is 0.752. The summed E-state index contributed by atoms with van der Waals surface area (Å²) in [5, 5.41) is 12.0. The molecule has 0 saturated carbocycles. The van der Waals surface area contributed by atoms with E-state index in [1.54, 1.807) is 0 Å². The maximum Gasteiger partial charge on any atom is 0.252 e. The minimum Gasteiger partial charge on any atom is -0.391 e. The highest BCUT2D eigenvalue weighted by Gasteiger charge is 2.12. The van der Waals surface area contributed by atoms with E-state index in [0.717, 1.165) is 12.3 Å². The van der Waals surface area contributed by atoms with Crippen LogP contribution < -0.4 is 5.32 Å². The Labute approximate surface area is 93.5 Å². The summed E-state index contributed by atoms with van der Waals surface area (Å²) in [7, 11) is 0. The molecule has 0 bridgehead atoms. The van der Waals surface area contributed by atoms with Crippen LogP contribution in [0.5, 0.6) is 0 Å². The van der Waals surface area contributed by atoms with Gasteiger partial charge in [0.05, 0.1) is 11.7 Å². The molecule has 4 nitrogen and oxygen atoms in total. The Morgan fingerprint density at radius 1 is 1.56 bits per heavy atom. The topological polar surface area (TPSA) is 62.2 Å². The molecule has 1 heterocycles. The molecule has 0 aliphatic heterocycles. The minimum atomic E-state index is -0.626. The molecule has 5 heteroatoms. The molecular formula is C11H15FN2O2. The number of pyridine rings is 1. The van der Waals surface area contributed by atoms with Crippen molar-refractivity contribution in [3.63, 3.8) is 0 Å². The van der Waals surface area contributed by atoms with Crippen LogP contribution in [0.4, 0.5) is 4.39 Å². The first-order valence-corrected chi connectivity index (χ1v) is 5.08. The van der Waals surface area contributed by atoms with E-state index in [-0.39, 0.29) is 23.9 Å². The number of aliphatic hydroxyl groups excluding tert-OH is 1. The number of carbonyl (C=O) groups excluding carboxylic acids is 1. The maximum atomic E-state index is 12.5. The summed E-state index contributed by atoms with van der Waals surface area (Å²) < 4.78 is 12.5. The second-order valence-corrected chi connectivity index (χ2v) is 3.89. The zero-order valence-electron chi connectivity index (χ0n) is 9.27. The first-order chi connectivity index (χ1) is 7.50. The van der Waals surface area contributed by atoms with E-state index in [0.29, 0.717) is 0 Å². The third-order valence-electron chi connectivity index (χ3n) is 2.23. The molecule has 1 aromatic heterocycles. The first kappa shape index (κ1) is 12.6. The third-order valence-corrected chi connectivity index (χ3v) is 2.23. The number of halogens is 1. The van der Waals surface area contributed by atoms with Crippen molar-refractivity contribution >= 4 is 5.91 Å². The summed E-state index contributed by atoms with van der Waals surface area (Å²) in [6.45, 7) is 3.89. The standard InChI is InChI=1S/C11H15FN2O2/c1-7(2)9(15)6-14-11(16)8-3-4-10(12)13-5-8/h3-5,7,9,15H,6H2,1-2H3,(H,14,16). The van der Waals surface area contributed by atoms with Gasteiger partial charge in [-0.2, -0.15) is 4.39 Å². The zero-order chi connectivity index (χ0) is 12.1. The number of hydrogen-bond donors (Lipinski definition) is 2. The Kier molecular flexibility index (Phi) is 4.37. The zero-order valence-corrected chi connectivity index (χ0v) is 9.27. The van der Waals surface area contributed by atoms with Gasteiger partial charge >= 0.3 is 0 Å². The van der Waals surface area contributed by atoms with Crippen molar-refractivity contribution in [2.75, 3.05) is 6.54 Å². The fourth-order valence-corrected chi connectivity index (χ4v) is 1.05. The second kappa shape index (κ2) is 5.55. The number of carbonyl (C=O) groups is 1. The highest BCUT2D eigenvalue weighted by atomic mass is 19.1. The van der Waals surface area contributed by atoms with Crippen LogP contribution in [0.25, 0.3) is 0 Å². The average molecular weight is 226 g/mol. The lowest BCUT2D eigenvalue weighted by atomic mass is 10.1. The highest BCUT2D eigenvalue weighted by molar-refractivity contribution is 5.93. The lowest BCUT2D eigenvalue weighted by Crippen LogP contribution is -2.34. The molecular weight excluding hydrogens is 211 g/mol. The van der Waals surface area contributed by atoms with Crippen LogP contribution in [-0.4, -0.2) is 28.6 Å². The molecule has 1 amide bonds. The Morgan fingerprint density at radius 2 is 2.25 bits per heavy atom. The van der Waals surface area contributed by atoms with Crippen LogP contribution in [0, 0.1) is 11.9 Å². The molecule has 1 atom stereocenters. The fourth-order valence-electron chi connectivity index (χ4n) is 1.05. The third kappa shape index (κ3) is 3.58. The molecule has 0 aliphatic rings. The number of rotatable bonds is 4. The van der Waals surface area contributed by atoms with Gasteiger partial charge in [0.2, 0.25) is 5.95 Å². The Bertz CT molecular complexity index is 352. The van der Waals surface area contributed by atoms with E-state index >= 15 is 0 Å². The summed E-state index contributed by atoms with van der Waals surface area (Å²) in [5.74, 6) is -0.919. The van der Waals surface area contributed by atoms with Crippen LogP contribution in [0.15, 0.2) is 18.3 Å². The number of amides is 1. The van der Waals surface area contributed by atoms with Crippen LogP contribution >= 0.6 is 0 Å². The van der Waals surface area contributed by atoms with Gasteiger partial charge < -0.3 is 10.4 Å². The van der Waals surface area contributed by atoms with Gasteiger partial charge in [0.25, 0.3) is 5.91 Å². The maximum absolute atomic E-state index is 12.5. The first-order valence-electron chi connectivity index (χ1n) is 5.08. The van der Waals surface area contributed by atoms with Gasteiger partial charge in [-0.1, -0.05) is 13.8 Å². The molecule has 88 valence electrons. The van der Waals surface area contributed by atoms with E-state index < -0.39 is 12.1 Å². The number of hydrogen-bond acceptors (Lipinski definition) is 3. The predicted octanol–water partition coefficient (Wildman–Crippen LogP) is 0.967. The van der Waals surface area contributed by atoms with Crippen LogP contribution in [0.3, 0.4) is 0 Å². The summed E-state index contributed by atoms with van der Waals surface area (Å²) in [6.07, 6.45) is 0.573. The molecule has 1 aromatic rings. The van der Waals surface area contributed by atoms with Crippen molar-refractivity contribution in [1.29, 1.82) is 0 Å². The summed E-state index contributed by atoms with van der Waals surface area (Å²) in [6, 6.07) is 2.47. The van der Waals surface area contributed by atoms with Crippen molar-refractivity contribution in [2.45, 2.75) is 20.0 Å². The molecule has 0 aromatic carbocycles. The van der Waals surface area contributed by atoms with Gasteiger partial charge in [0.15, 0.2) is 0 Å². The Morgan fingerprint density at radius 3 is 2.75 bits per heavy atom. The lowest BCUT2D eigenvalue weighted by molar-refractivity contribution is 0.0871. The van der Waals surface area contributed by atoms with Crippen LogP contribution in [0.1, 0.15) is 24.2 Å². The normalized spacial score (nSPS) is 12.6. The number of aromatic nitrogens is 1.